The second-order valence-corrected chi connectivity index (χ2v) is 3.99. The molecule has 0 bridgehead atoms. The lowest BCUT2D eigenvalue weighted by atomic mass is 9.96. The molecule has 0 radical (unpaired) electrons. The molecule has 1 rings (SSSR count). The van der Waals surface area contributed by atoms with Crippen molar-refractivity contribution in [1.82, 2.24) is 0 Å². The van der Waals surface area contributed by atoms with Gasteiger partial charge in [0.05, 0.1) is 12.1 Å². The minimum absolute atomic E-state index is 0.0946. The summed E-state index contributed by atoms with van der Waals surface area (Å²) in [5.41, 5.74) is 5.55. The van der Waals surface area contributed by atoms with Crippen LogP contribution < -0.4 is 10.5 Å². The predicted molar refractivity (Wildman–Crippen MR) is 60.0 cm³/mol. The zero-order valence-electron chi connectivity index (χ0n) is 9.19. The van der Waals surface area contributed by atoms with Crippen LogP contribution in [0.5, 0.6) is 5.75 Å². The lowest BCUT2D eigenvalue weighted by molar-refractivity contribution is 0.371. The summed E-state index contributed by atoms with van der Waals surface area (Å²) in [7, 11) is 1.30. The zero-order chi connectivity index (χ0) is 12.3. The lowest BCUT2D eigenvalue weighted by Gasteiger charge is -2.17. The van der Waals surface area contributed by atoms with Gasteiger partial charge in [-0.1, -0.05) is 18.5 Å². The number of methoxy groups -OCH3 is 1. The molecule has 16 heavy (non-hydrogen) atoms. The van der Waals surface area contributed by atoms with Gasteiger partial charge in [0.2, 0.25) is 0 Å². The van der Waals surface area contributed by atoms with Gasteiger partial charge >= 0.3 is 0 Å². The van der Waals surface area contributed by atoms with Gasteiger partial charge in [0, 0.05) is 5.56 Å². The highest BCUT2D eigenvalue weighted by molar-refractivity contribution is 6.30. The topological polar surface area (TPSA) is 35.2 Å². The molecule has 90 valence electrons. The molecule has 0 aliphatic carbocycles. The average Bonchev–Trinajstić information content (AvgIpc) is 2.23. The molecule has 2 N–H and O–H groups in total. The molecule has 0 saturated heterocycles. The molecule has 1 unspecified atom stereocenters. The van der Waals surface area contributed by atoms with E-state index < -0.39 is 11.6 Å². The van der Waals surface area contributed by atoms with Gasteiger partial charge in [0.1, 0.15) is 5.82 Å². The molecule has 0 spiro atoms. The monoisotopic (exact) mass is 249 g/mol. The zero-order valence-corrected chi connectivity index (χ0v) is 9.94. The summed E-state index contributed by atoms with van der Waals surface area (Å²) in [4.78, 5) is 0. The molecule has 0 fully saturated rings. The Bertz CT molecular complexity index is 385. The summed E-state index contributed by atoms with van der Waals surface area (Å²) in [5.74, 6) is -1.63. The van der Waals surface area contributed by atoms with Crippen LogP contribution in [-0.2, 0) is 0 Å². The van der Waals surface area contributed by atoms with Crippen molar-refractivity contribution in [2.45, 2.75) is 19.3 Å². The van der Waals surface area contributed by atoms with Crippen LogP contribution in [0.15, 0.2) is 6.07 Å². The number of halogens is 3. The molecule has 2 nitrogen and oxygen atoms in total. The van der Waals surface area contributed by atoms with Crippen molar-refractivity contribution in [3.8, 4) is 5.75 Å². The Hall–Kier alpha value is -0.870. The number of rotatable bonds is 4. The Kier molecular flexibility index (Phi) is 4.50. The van der Waals surface area contributed by atoms with Gasteiger partial charge < -0.3 is 10.5 Å². The van der Waals surface area contributed by atoms with Gasteiger partial charge in [-0.25, -0.2) is 8.78 Å². The van der Waals surface area contributed by atoms with Gasteiger partial charge in [-0.2, -0.15) is 0 Å². The van der Waals surface area contributed by atoms with E-state index in [1.807, 2.05) is 0 Å². The highest BCUT2D eigenvalue weighted by Gasteiger charge is 2.22. The van der Waals surface area contributed by atoms with Gasteiger partial charge in [-0.05, 0) is 24.9 Å². The maximum atomic E-state index is 13.8. The Labute approximate surface area is 98.3 Å². The van der Waals surface area contributed by atoms with E-state index in [9.17, 15) is 8.78 Å². The van der Waals surface area contributed by atoms with Crippen LogP contribution in [0.2, 0.25) is 5.02 Å². The summed E-state index contributed by atoms with van der Waals surface area (Å²) in [6, 6.07) is 0.911. The van der Waals surface area contributed by atoms with Crippen LogP contribution in [0.1, 0.15) is 24.8 Å². The van der Waals surface area contributed by atoms with E-state index in [1.54, 1.807) is 6.92 Å². The maximum Gasteiger partial charge on any atom is 0.167 e. The van der Waals surface area contributed by atoms with E-state index in [4.69, 9.17) is 22.1 Å². The van der Waals surface area contributed by atoms with Crippen LogP contribution in [0, 0.1) is 11.6 Å². The molecule has 0 saturated carbocycles. The Morgan fingerprint density at radius 3 is 2.62 bits per heavy atom. The van der Waals surface area contributed by atoms with E-state index in [-0.39, 0.29) is 22.3 Å². The van der Waals surface area contributed by atoms with Crippen LogP contribution in [0.4, 0.5) is 8.78 Å². The first-order valence-corrected chi connectivity index (χ1v) is 5.32. The molecular weight excluding hydrogens is 236 g/mol. The standard InChI is InChI=1S/C11H14ClF2NO/c1-6(3-4-15)9-10(14)7(12)5-8(13)11(9)16-2/h5-6H,3-4,15H2,1-2H3. The average molecular weight is 250 g/mol. The minimum Gasteiger partial charge on any atom is -0.493 e. The largest absolute Gasteiger partial charge is 0.493 e. The third kappa shape index (κ3) is 2.44. The van der Waals surface area contributed by atoms with Gasteiger partial charge in [0.15, 0.2) is 11.6 Å². The summed E-state index contributed by atoms with van der Waals surface area (Å²) in [6.45, 7) is 2.14. The van der Waals surface area contributed by atoms with E-state index in [1.165, 1.54) is 7.11 Å². The second-order valence-electron chi connectivity index (χ2n) is 3.58. The summed E-state index contributed by atoms with van der Waals surface area (Å²) < 4.78 is 32.1. The molecular formula is C11H14ClF2NO. The molecule has 0 aliphatic rings. The molecule has 0 aliphatic heterocycles. The number of benzene rings is 1. The smallest absolute Gasteiger partial charge is 0.167 e. The van der Waals surface area contributed by atoms with Crippen molar-refractivity contribution in [2.75, 3.05) is 13.7 Å². The highest BCUT2D eigenvalue weighted by atomic mass is 35.5. The van der Waals surface area contributed by atoms with E-state index in [0.717, 1.165) is 6.07 Å². The third-order valence-corrected chi connectivity index (χ3v) is 2.73. The van der Waals surface area contributed by atoms with Gasteiger partial charge in [-0.15, -0.1) is 0 Å². The lowest BCUT2D eigenvalue weighted by Crippen LogP contribution is -2.09. The van der Waals surface area contributed by atoms with Crippen LogP contribution >= 0.6 is 11.6 Å². The fourth-order valence-electron chi connectivity index (χ4n) is 1.64. The molecule has 1 atom stereocenters. The predicted octanol–water partition coefficient (Wildman–Crippen LogP) is 3.08. The Morgan fingerprint density at radius 1 is 1.50 bits per heavy atom. The van der Waals surface area contributed by atoms with Crippen LogP contribution in [-0.4, -0.2) is 13.7 Å². The van der Waals surface area contributed by atoms with Crippen LogP contribution in [0.3, 0.4) is 0 Å². The van der Waals surface area contributed by atoms with Crippen molar-refractivity contribution in [3.63, 3.8) is 0 Å². The number of hydrogen-bond donors (Lipinski definition) is 1. The SMILES string of the molecule is COc1c(F)cc(Cl)c(F)c1C(C)CCN. The molecule has 1 aromatic carbocycles. The molecule has 5 heteroatoms. The molecule has 0 heterocycles. The first kappa shape index (κ1) is 13.2. The van der Waals surface area contributed by atoms with E-state index in [0.29, 0.717) is 13.0 Å². The minimum atomic E-state index is -0.659. The Balaban J connectivity index is 3.32. The molecule has 0 amide bonds. The highest BCUT2D eigenvalue weighted by Crippen LogP contribution is 2.36. The van der Waals surface area contributed by atoms with Crippen molar-refractivity contribution in [1.29, 1.82) is 0 Å². The first-order chi connectivity index (χ1) is 7.52. The second kappa shape index (κ2) is 5.46. The molecule has 1 aromatic rings. The fraction of sp³-hybridized carbons (Fsp3) is 0.455. The van der Waals surface area contributed by atoms with Crippen molar-refractivity contribution >= 4 is 11.6 Å². The molecule has 0 aromatic heterocycles. The normalized spacial score (nSPS) is 12.6. The Morgan fingerprint density at radius 2 is 2.12 bits per heavy atom. The van der Waals surface area contributed by atoms with E-state index >= 15 is 0 Å². The van der Waals surface area contributed by atoms with E-state index in [2.05, 4.69) is 0 Å². The number of ether oxygens (including phenoxy) is 1. The van der Waals surface area contributed by atoms with Gasteiger partial charge in [-0.3, -0.25) is 0 Å². The summed E-state index contributed by atoms with van der Waals surface area (Å²) >= 11 is 5.59. The summed E-state index contributed by atoms with van der Waals surface area (Å²) in [6.07, 6.45) is 0.535. The third-order valence-electron chi connectivity index (χ3n) is 2.46. The quantitative estimate of drug-likeness (QED) is 0.833. The van der Waals surface area contributed by atoms with Gasteiger partial charge in [0.25, 0.3) is 0 Å². The van der Waals surface area contributed by atoms with Crippen molar-refractivity contribution in [3.05, 3.63) is 28.3 Å². The number of hydrogen-bond acceptors (Lipinski definition) is 2. The van der Waals surface area contributed by atoms with Crippen LogP contribution in [0.25, 0.3) is 0 Å². The van der Waals surface area contributed by atoms with Crippen molar-refractivity contribution < 1.29 is 13.5 Å². The fourth-order valence-corrected chi connectivity index (χ4v) is 1.84. The summed E-state index contributed by atoms with van der Waals surface area (Å²) in [5, 5.41) is -0.239. The van der Waals surface area contributed by atoms with Crippen molar-refractivity contribution in [2.24, 2.45) is 5.73 Å². The number of nitrogens with two attached hydrogens (primary N) is 1. The first-order valence-electron chi connectivity index (χ1n) is 4.94. The maximum absolute atomic E-state index is 13.8.